The standard InChI is InChI=1S/C22H27N5O2/c1-27-10-8-17(13-27)11-23-12-19-21-18(7-9-24-19)22(28)26-20(25-21)15-29-14-16-5-3-2-4-6-16/h2-7,9,17,23H,8,10-15H2,1H3,(H,25,26,28). The van der Waals surface area contributed by atoms with Gasteiger partial charge in [0.1, 0.15) is 17.9 Å². The SMILES string of the molecule is CN1CCC(CNCc2nccc3c(=O)[nH]c(COCc4ccccc4)nc23)C1. The molecule has 1 aromatic carbocycles. The number of ether oxygens (including phenoxy) is 1. The number of hydrogen-bond donors (Lipinski definition) is 2. The van der Waals surface area contributed by atoms with Gasteiger partial charge in [0.25, 0.3) is 5.56 Å². The minimum Gasteiger partial charge on any atom is -0.369 e. The Hall–Kier alpha value is -2.61. The van der Waals surface area contributed by atoms with E-state index in [1.54, 1.807) is 12.3 Å². The minimum atomic E-state index is -0.158. The van der Waals surface area contributed by atoms with Crippen LogP contribution in [-0.2, 0) is 24.5 Å². The number of pyridine rings is 1. The van der Waals surface area contributed by atoms with Gasteiger partial charge in [-0.2, -0.15) is 0 Å². The van der Waals surface area contributed by atoms with E-state index in [2.05, 4.69) is 32.2 Å². The van der Waals surface area contributed by atoms with Gasteiger partial charge >= 0.3 is 0 Å². The van der Waals surface area contributed by atoms with Gasteiger partial charge in [0.15, 0.2) is 0 Å². The van der Waals surface area contributed by atoms with E-state index in [4.69, 9.17) is 4.74 Å². The van der Waals surface area contributed by atoms with Gasteiger partial charge in [0.2, 0.25) is 0 Å². The zero-order valence-electron chi connectivity index (χ0n) is 16.7. The van der Waals surface area contributed by atoms with Crippen LogP contribution >= 0.6 is 0 Å². The molecule has 1 saturated heterocycles. The average molecular weight is 393 g/mol. The van der Waals surface area contributed by atoms with E-state index >= 15 is 0 Å². The van der Waals surface area contributed by atoms with E-state index in [1.807, 2.05) is 30.3 Å². The predicted octanol–water partition coefficient (Wildman–Crippen LogP) is 2.08. The number of benzene rings is 1. The van der Waals surface area contributed by atoms with E-state index in [0.29, 0.717) is 35.8 Å². The highest BCUT2D eigenvalue weighted by Gasteiger charge is 2.19. The molecule has 0 amide bonds. The second-order valence-electron chi connectivity index (χ2n) is 7.69. The fourth-order valence-electron chi connectivity index (χ4n) is 3.79. The van der Waals surface area contributed by atoms with Crippen LogP contribution in [0.3, 0.4) is 0 Å². The third-order valence-corrected chi connectivity index (χ3v) is 5.31. The molecule has 4 rings (SSSR count). The summed E-state index contributed by atoms with van der Waals surface area (Å²) in [6.45, 7) is 4.53. The Bertz CT molecular complexity index is 1010. The first-order valence-corrected chi connectivity index (χ1v) is 10.1. The van der Waals surface area contributed by atoms with Crippen molar-refractivity contribution in [1.29, 1.82) is 0 Å². The molecule has 1 atom stereocenters. The summed E-state index contributed by atoms with van der Waals surface area (Å²) in [5, 5.41) is 4.05. The van der Waals surface area contributed by atoms with Crippen LogP contribution in [0.15, 0.2) is 47.4 Å². The molecule has 1 aliphatic heterocycles. The third kappa shape index (κ3) is 5.06. The number of nitrogens with one attached hydrogen (secondary N) is 2. The van der Waals surface area contributed by atoms with Crippen molar-refractivity contribution in [3.05, 3.63) is 70.0 Å². The van der Waals surface area contributed by atoms with E-state index in [9.17, 15) is 4.79 Å². The van der Waals surface area contributed by atoms with Crippen molar-refractivity contribution >= 4 is 10.9 Å². The lowest BCUT2D eigenvalue weighted by Gasteiger charge is -2.12. The van der Waals surface area contributed by atoms with Crippen LogP contribution in [0.25, 0.3) is 10.9 Å². The molecule has 0 bridgehead atoms. The van der Waals surface area contributed by atoms with Crippen molar-refractivity contribution in [2.45, 2.75) is 26.2 Å². The Morgan fingerprint density at radius 1 is 1.24 bits per heavy atom. The molecule has 1 unspecified atom stereocenters. The highest BCUT2D eigenvalue weighted by Crippen LogP contribution is 2.15. The van der Waals surface area contributed by atoms with Crippen LogP contribution in [0.4, 0.5) is 0 Å². The predicted molar refractivity (Wildman–Crippen MR) is 112 cm³/mol. The minimum absolute atomic E-state index is 0.158. The molecule has 1 fully saturated rings. The third-order valence-electron chi connectivity index (χ3n) is 5.31. The Balaban J connectivity index is 1.43. The maximum atomic E-state index is 12.5. The van der Waals surface area contributed by atoms with Crippen LogP contribution in [0.5, 0.6) is 0 Å². The highest BCUT2D eigenvalue weighted by molar-refractivity contribution is 5.79. The molecule has 7 heteroatoms. The van der Waals surface area contributed by atoms with E-state index in [0.717, 1.165) is 30.9 Å². The molecule has 3 heterocycles. The Morgan fingerprint density at radius 2 is 2.10 bits per heavy atom. The van der Waals surface area contributed by atoms with Crippen LogP contribution in [0, 0.1) is 5.92 Å². The molecule has 152 valence electrons. The van der Waals surface area contributed by atoms with Crippen LogP contribution in [-0.4, -0.2) is 46.5 Å². The molecule has 3 aromatic rings. The molecule has 2 N–H and O–H groups in total. The van der Waals surface area contributed by atoms with Crippen molar-refractivity contribution < 1.29 is 4.74 Å². The van der Waals surface area contributed by atoms with Gasteiger partial charge in [-0.25, -0.2) is 4.98 Å². The lowest BCUT2D eigenvalue weighted by atomic mass is 10.1. The number of aromatic nitrogens is 3. The van der Waals surface area contributed by atoms with Gasteiger partial charge in [-0.1, -0.05) is 30.3 Å². The first kappa shape index (κ1) is 19.7. The summed E-state index contributed by atoms with van der Waals surface area (Å²) in [5.41, 5.74) is 2.36. The first-order valence-electron chi connectivity index (χ1n) is 10.1. The van der Waals surface area contributed by atoms with Crippen molar-refractivity contribution in [2.24, 2.45) is 5.92 Å². The van der Waals surface area contributed by atoms with Gasteiger partial charge in [-0.15, -0.1) is 0 Å². The van der Waals surface area contributed by atoms with E-state index in [1.165, 1.54) is 6.42 Å². The molecule has 29 heavy (non-hydrogen) atoms. The normalized spacial score (nSPS) is 17.2. The second kappa shape index (κ2) is 9.26. The van der Waals surface area contributed by atoms with Crippen LogP contribution < -0.4 is 10.9 Å². The maximum absolute atomic E-state index is 12.5. The molecule has 0 radical (unpaired) electrons. The summed E-state index contributed by atoms with van der Waals surface area (Å²) >= 11 is 0. The van der Waals surface area contributed by atoms with Gasteiger partial charge in [0.05, 0.1) is 17.7 Å². The molecule has 1 aliphatic rings. The molecule has 0 spiro atoms. The number of H-pyrrole nitrogens is 1. The highest BCUT2D eigenvalue weighted by atomic mass is 16.5. The van der Waals surface area contributed by atoms with Crippen molar-refractivity contribution in [3.8, 4) is 0 Å². The molecule has 0 aliphatic carbocycles. The Morgan fingerprint density at radius 3 is 2.90 bits per heavy atom. The molecule has 2 aromatic heterocycles. The van der Waals surface area contributed by atoms with Gasteiger partial charge in [-0.3, -0.25) is 9.78 Å². The van der Waals surface area contributed by atoms with Crippen LogP contribution in [0.2, 0.25) is 0 Å². The lowest BCUT2D eigenvalue weighted by molar-refractivity contribution is 0.102. The van der Waals surface area contributed by atoms with Crippen molar-refractivity contribution in [1.82, 2.24) is 25.2 Å². The number of hydrogen-bond acceptors (Lipinski definition) is 6. The van der Waals surface area contributed by atoms with Crippen molar-refractivity contribution in [3.63, 3.8) is 0 Å². The summed E-state index contributed by atoms with van der Waals surface area (Å²) < 4.78 is 5.73. The fraction of sp³-hybridized carbons (Fsp3) is 0.409. The Labute approximate surface area is 170 Å². The zero-order chi connectivity index (χ0) is 20.1. The molecular formula is C22H27N5O2. The maximum Gasteiger partial charge on any atom is 0.258 e. The largest absolute Gasteiger partial charge is 0.369 e. The van der Waals surface area contributed by atoms with Gasteiger partial charge < -0.3 is 19.9 Å². The summed E-state index contributed by atoms with van der Waals surface area (Å²) in [6.07, 6.45) is 2.89. The smallest absolute Gasteiger partial charge is 0.258 e. The quantitative estimate of drug-likeness (QED) is 0.610. The summed E-state index contributed by atoms with van der Waals surface area (Å²) in [7, 11) is 2.16. The first-order chi connectivity index (χ1) is 14.2. The monoisotopic (exact) mass is 393 g/mol. The summed E-state index contributed by atoms with van der Waals surface area (Å²) in [5.74, 6) is 1.18. The van der Waals surface area contributed by atoms with Crippen LogP contribution in [0.1, 0.15) is 23.5 Å². The second-order valence-corrected chi connectivity index (χ2v) is 7.69. The van der Waals surface area contributed by atoms with Crippen molar-refractivity contribution in [2.75, 3.05) is 26.7 Å². The average Bonchev–Trinajstić information content (AvgIpc) is 3.14. The molecule has 7 nitrogen and oxygen atoms in total. The fourth-order valence-corrected chi connectivity index (χ4v) is 3.79. The Kier molecular flexibility index (Phi) is 6.29. The van der Waals surface area contributed by atoms with E-state index < -0.39 is 0 Å². The zero-order valence-corrected chi connectivity index (χ0v) is 16.7. The molecular weight excluding hydrogens is 366 g/mol. The number of rotatable bonds is 8. The number of aromatic amines is 1. The number of nitrogens with zero attached hydrogens (tertiary/aromatic N) is 3. The summed E-state index contributed by atoms with van der Waals surface area (Å²) in [6, 6.07) is 11.6. The van der Waals surface area contributed by atoms with E-state index in [-0.39, 0.29) is 12.2 Å². The lowest BCUT2D eigenvalue weighted by Crippen LogP contribution is -2.25. The topological polar surface area (TPSA) is 83.1 Å². The number of fused-ring (bicyclic) bond motifs is 1. The molecule has 0 saturated carbocycles. The number of likely N-dealkylation sites (tertiary alicyclic amines) is 1. The van der Waals surface area contributed by atoms with Gasteiger partial charge in [0, 0.05) is 19.3 Å². The van der Waals surface area contributed by atoms with Gasteiger partial charge in [-0.05, 0) is 44.1 Å². The summed E-state index contributed by atoms with van der Waals surface area (Å²) in [4.78, 5) is 26.8.